The summed E-state index contributed by atoms with van der Waals surface area (Å²) in [6, 6.07) is 5.56. The molecule has 0 radical (unpaired) electrons. The highest BCUT2D eigenvalue weighted by atomic mass is 32.2. The molecule has 0 saturated carbocycles. The van der Waals surface area contributed by atoms with Crippen molar-refractivity contribution in [3.8, 4) is 5.75 Å². The molecule has 1 aromatic carbocycles. The maximum absolute atomic E-state index is 12.2. The van der Waals surface area contributed by atoms with Crippen molar-refractivity contribution in [1.82, 2.24) is 10.6 Å². The molecular weight excluding hydrogens is 418 g/mol. The maximum atomic E-state index is 12.2. The standard InChI is InChI=1S/C22H29N3O5S/c1-13(2)29-16-8-6-7-14(11-17-19(26)24-21(28)31-17)18(16)25-10-9-15(12-25)23-20(27)30-22(3,4)5/h6-8,11,13,15H,9-10,12H2,1-5H3,(H,23,27)(H,24,26,28)/b17-11-/t15-/m0/s1. The van der Waals surface area contributed by atoms with E-state index in [2.05, 4.69) is 15.5 Å². The summed E-state index contributed by atoms with van der Waals surface area (Å²) in [5, 5.41) is 4.83. The first kappa shape index (κ1) is 23.0. The number of imide groups is 1. The SMILES string of the molecule is CC(C)Oc1cccc(/C=C2\SC(=O)NC2=O)c1N1CC[C@H](NC(=O)OC(C)(C)C)C1. The molecule has 0 aliphatic carbocycles. The van der Waals surface area contributed by atoms with Gasteiger partial charge in [-0.25, -0.2) is 4.79 Å². The molecule has 2 saturated heterocycles. The second kappa shape index (κ2) is 9.21. The molecule has 8 nitrogen and oxygen atoms in total. The van der Waals surface area contributed by atoms with Crippen molar-refractivity contribution < 1.29 is 23.9 Å². The van der Waals surface area contributed by atoms with Gasteiger partial charge in [0, 0.05) is 18.7 Å². The van der Waals surface area contributed by atoms with E-state index in [1.165, 1.54) is 0 Å². The fourth-order valence-corrected chi connectivity index (χ4v) is 4.13. The van der Waals surface area contributed by atoms with Crippen LogP contribution < -0.4 is 20.3 Å². The largest absolute Gasteiger partial charge is 0.489 e. The van der Waals surface area contributed by atoms with Crippen molar-refractivity contribution in [2.75, 3.05) is 18.0 Å². The number of hydrogen-bond donors (Lipinski definition) is 2. The lowest BCUT2D eigenvalue weighted by Crippen LogP contribution is -2.40. The number of nitrogens with zero attached hydrogens (tertiary/aromatic N) is 1. The number of carbonyl (C=O) groups excluding carboxylic acids is 3. The van der Waals surface area contributed by atoms with E-state index >= 15 is 0 Å². The van der Waals surface area contributed by atoms with E-state index in [1.807, 2.05) is 52.8 Å². The van der Waals surface area contributed by atoms with Gasteiger partial charge in [-0.05, 0) is 64.9 Å². The third-order valence-corrected chi connectivity index (χ3v) is 5.36. The first-order chi connectivity index (χ1) is 14.5. The van der Waals surface area contributed by atoms with Gasteiger partial charge in [-0.2, -0.15) is 0 Å². The zero-order valence-electron chi connectivity index (χ0n) is 18.5. The molecule has 168 valence electrons. The molecule has 31 heavy (non-hydrogen) atoms. The van der Waals surface area contributed by atoms with E-state index in [-0.39, 0.29) is 17.4 Å². The van der Waals surface area contributed by atoms with Crippen molar-refractivity contribution >= 4 is 40.8 Å². The number of para-hydroxylation sites is 1. The maximum Gasteiger partial charge on any atom is 0.407 e. The van der Waals surface area contributed by atoms with Gasteiger partial charge in [0.05, 0.1) is 22.7 Å². The first-order valence-corrected chi connectivity index (χ1v) is 11.1. The van der Waals surface area contributed by atoms with Gasteiger partial charge in [-0.15, -0.1) is 0 Å². The number of amides is 3. The molecule has 0 bridgehead atoms. The second-order valence-electron chi connectivity index (χ2n) is 8.79. The molecular formula is C22H29N3O5S. The number of ether oxygens (including phenoxy) is 2. The monoisotopic (exact) mass is 447 g/mol. The zero-order valence-corrected chi connectivity index (χ0v) is 19.3. The van der Waals surface area contributed by atoms with Crippen LogP contribution in [0.2, 0.25) is 0 Å². The summed E-state index contributed by atoms with van der Waals surface area (Å²) in [5.41, 5.74) is 1.06. The molecule has 0 spiro atoms. The Morgan fingerprint density at radius 1 is 1.32 bits per heavy atom. The van der Waals surface area contributed by atoms with E-state index < -0.39 is 17.6 Å². The van der Waals surface area contributed by atoms with Crippen molar-refractivity contribution in [2.24, 2.45) is 0 Å². The van der Waals surface area contributed by atoms with Gasteiger partial charge in [-0.3, -0.25) is 14.9 Å². The number of nitrogens with one attached hydrogen (secondary N) is 2. The Morgan fingerprint density at radius 3 is 2.68 bits per heavy atom. The summed E-state index contributed by atoms with van der Waals surface area (Å²) in [5.74, 6) is 0.291. The van der Waals surface area contributed by atoms with Crippen LogP contribution in [0, 0.1) is 0 Å². The highest BCUT2D eigenvalue weighted by molar-refractivity contribution is 8.18. The number of rotatable bonds is 5. The van der Waals surface area contributed by atoms with Gasteiger partial charge in [0.1, 0.15) is 11.4 Å². The van der Waals surface area contributed by atoms with E-state index in [9.17, 15) is 14.4 Å². The summed E-state index contributed by atoms with van der Waals surface area (Å²) < 4.78 is 11.4. The average molecular weight is 448 g/mol. The lowest BCUT2D eigenvalue weighted by molar-refractivity contribution is -0.115. The Balaban J connectivity index is 1.85. The predicted molar refractivity (Wildman–Crippen MR) is 121 cm³/mol. The lowest BCUT2D eigenvalue weighted by Gasteiger charge is -2.26. The van der Waals surface area contributed by atoms with Gasteiger partial charge >= 0.3 is 6.09 Å². The number of carbonyl (C=O) groups is 3. The van der Waals surface area contributed by atoms with E-state index in [4.69, 9.17) is 9.47 Å². The Morgan fingerprint density at radius 2 is 2.06 bits per heavy atom. The normalized spacial score (nSPS) is 20.4. The van der Waals surface area contributed by atoms with Gasteiger partial charge < -0.3 is 19.7 Å². The van der Waals surface area contributed by atoms with Crippen LogP contribution in [0.1, 0.15) is 46.6 Å². The third-order valence-electron chi connectivity index (χ3n) is 4.55. The van der Waals surface area contributed by atoms with Crippen LogP contribution in [0.5, 0.6) is 5.75 Å². The molecule has 0 unspecified atom stereocenters. The molecule has 9 heteroatoms. The first-order valence-electron chi connectivity index (χ1n) is 10.3. The second-order valence-corrected chi connectivity index (χ2v) is 9.81. The summed E-state index contributed by atoms with van der Waals surface area (Å²) in [7, 11) is 0. The Hall–Kier alpha value is -2.68. The van der Waals surface area contributed by atoms with Gasteiger partial charge in [0.25, 0.3) is 11.1 Å². The summed E-state index contributed by atoms with van der Waals surface area (Å²) in [6.07, 6.45) is 1.98. The van der Waals surface area contributed by atoms with Crippen LogP contribution >= 0.6 is 11.8 Å². The number of thioether (sulfide) groups is 1. The fourth-order valence-electron chi connectivity index (χ4n) is 3.46. The molecule has 2 fully saturated rings. The summed E-state index contributed by atoms with van der Waals surface area (Å²) in [6.45, 7) is 10.7. The zero-order chi connectivity index (χ0) is 22.8. The Kier molecular flexibility index (Phi) is 6.83. The number of hydrogen-bond acceptors (Lipinski definition) is 7. The quantitative estimate of drug-likeness (QED) is 0.661. The lowest BCUT2D eigenvalue weighted by atomic mass is 10.1. The van der Waals surface area contributed by atoms with Crippen molar-refractivity contribution in [3.63, 3.8) is 0 Å². The predicted octanol–water partition coefficient (Wildman–Crippen LogP) is 3.90. The molecule has 1 aromatic rings. The molecule has 1 atom stereocenters. The minimum atomic E-state index is -0.559. The van der Waals surface area contributed by atoms with Gasteiger partial charge in [0.15, 0.2) is 0 Å². The van der Waals surface area contributed by atoms with E-state index in [0.29, 0.717) is 23.7 Å². The van der Waals surface area contributed by atoms with Crippen LogP contribution in [0.3, 0.4) is 0 Å². The molecule has 2 aliphatic rings. The third kappa shape index (κ3) is 6.16. The van der Waals surface area contributed by atoms with Crippen LogP contribution in [-0.4, -0.2) is 48.1 Å². The van der Waals surface area contributed by atoms with E-state index in [0.717, 1.165) is 29.4 Å². The minimum Gasteiger partial charge on any atom is -0.489 e. The van der Waals surface area contributed by atoms with Crippen LogP contribution in [-0.2, 0) is 9.53 Å². The molecule has 0 aromatic heterocycles. The highest BCUT2D eigenvalue weighted by Crippen LogP contribution is 2.38. The van der Waals surface area contributed by atoms with Crippen LogP contribution in [0.4, 0.5) is 15.3 Å². The van der Waals surface area contributed by atoms with Crippen LogP contribution in [0.15, 0.2) is 23.1 Å². The number of alkyl carbamates (subject to hydrolysis) is 1. The van der Waals surface area contributed by atoms with Gasteiger partial charge in [0.2, 0.25) is 0 Å². The number of anilines is 1. The Bertz CT molecular complexity index is 907. The average Bonchev–Trinajstić information content (AvgIpc) is 3.19. The number of benzene rings is 1. The van der Waals surface area contributed by atoms with Crippen LogP contribution in [0.25, 0.3) is 6.08 Å². The molecule has 2 heterocycles. The van der Waals surface area contributed by atoms with Crippen molar-refractivity contribution in [2.45, 2.75) is 58.8 Å². The molecule has 3 rings (SSSR count). The molecule has 2 aliphatic heterocycles. The molecule has 3 amide bonds. The fraction of sp³-hybridized carbons (Fsp3) is 0.500. The van der Waals surface area contributed by atoms with E-state index in [1.54, 1.807) is 6.08 Å². The van der Waals surface area contributed by atoms with Gasteiger partial charge in [-0.1, -0.05) is 12.1 Å². The van der Waals surface area contributed by atoms with Crippen molar-refractivity contribution in [3.05, 3.63) is 28.7 Å². The van der Waals surface area contributed by atoms with Crippen molar-refractivity contribution in [1.29, 1.82) is 0 Å². The summed E-state index contributed by atoms with van der Waals surface area (Å²) in [4.78, 5) is 38.2. The topological polar surface area (TPSA) is 97.0 Å². The smallest absolute Gasteiger partial charge is 0.407 e. The summed E-state index contributed by atoms with van der Waals surface area (Å²) >= 11 is 0.882. The Labute approximate surface area is 186 Å². The minimum absolute atomic E-state index is 0.0364. The molecule has 2 N–H and O–H groups in total. The highest BCUT2D eigenvalue weighted by Gasteiger charge is 2.30.